The van der Waals surface area contributed by atoms with Crippen molar-refractivity contribution < 1.29 is 9.90 Å². The van der Waals surface area contributed by atoms with Crippen LogP contribution in [-0.4, -0.2) is 17.6 Å². The lowest BCUT2D eigenvalue weighted by molar-refractivity contribution is 0.0953. The van der Waals surface area contributed by atoms with Gasteiger partial charge in [-0.05, 0) is 58.6 Å². The van der Waals surface area contributed by atoms with Crippen LogP contribution in [0.1, 0.15) is 21.5 Å². The summed E-state index contributed by atoms with van der Waals surface area (Å²) in [6, 6.07) is 12.6. The number of phenols is 1. The standard InChI is InChI=1S/C16H16BrNO2/c1-11-3-2-4-14(15(11)17)16(20)18-10-9-12-5-7-13(19)8-6-12/h2-8,19H,9-10H2,1H3,(H,18,20). The number of aromatic hydroxyl groups is 1. The van der Waals surface area contributed by atoms with E-state index in [-0.39, 0.29) is 11.7 Å². The second-order valence-corrected chi connectivity index (χ2v) is 5.40. The average molecular weight is 334 g/mol. The lowest BCUT2D eigenvalue weighted by atomic mass is 10.1. The van der Waals surface area contributed by atoms with Gasteiger partial charge in [0.2, 0.25) is 0 Å². The van der Waals surface area contributed by atoms with E-state index in [1.165, 1.54) is 0 Å². The summed E-state index contributed by atoms with van der Waals surface area (Å²) >= 11 is 3.44. The van der Waals surface area contributed by atoms with Crippen LogP contribution in [0.15, 0.2) is 46.9 Å². The number of hydrogen-bond donors (Lipinski definition) is 2. The number of rotatable bonds is 4. The fourth-order valence-corrected chi connectivity index (χ4v) is 2.35. The molecule has 2 aromatic rings. The summed E-state index contributed by atoms with van der Waals surface area (Å²) in [6.45, 7) is 2.52. The van der Waals surface area contributed by atoms with Gasteiger partial charge in [-0.1, -0.05) is 24.3 Å². The fourth-order valence-electron chi connectivity index (χ4n) is 1.90. The lowest BCUT2D eigenvalue weighted by Crippen LogP contribution is -2.26. The normalized spacial score (nSPS) is 10.3. The van der Waals surface area contributed by atoms with Gasteiger partial charge in [0.25, 0.3) is 5.91 Å². The Morgan fingerprint density at radius 3 is 2.60 bits per heavy atom. The third kappa shape index (κ3) is 3.61. The number of amides is 1. The highest BCUT2D eigenvalue weighted by Crippen LogP contribution is 2.20. The van der Waals surface area contributed by atoms with Crippen LogP contribution in [0.25, 0.3) is 0 Å². The molecule has 4 heteroatoms. The van der Waals surface area contributed by atoms with Gasteiger partial charge in [-0.25, -0.2) is 0 Å². The highest BCUT2D eigenvalue weighted by molar-refractivity contribution is 9.10. The molecule has 0 spiro atoms. The highest BCUT2D eigenvalue weighted by Gasteiger charge is 2.10. The molecule has 3 nitrogen and oxygen atoms in total. The van der Waals surface area contributed by atoms with E-state index in [0.29, 0.717) is 12.1 Å². The van der Waals surface area contributed by atoms with Crippen molar-refractivity contribution in [3.05, 3.63) is 63.6 Å². The first-order chi connectivity index (χ1) is 9.58. The zero-order valence-corrected chi connectivity index (χ0v) is 12.8. The van der Waals surface area contributed by atoms with Gasteiger partial charge in [-0.2, -0.15) is 0 Å². The van der Waals surface area contributed by atoms with Gasteiger partial charge in [0.15, 0.2) is 0 Å². The van der Waals surface area contributed by atoms with Gasteiger partial charge in [-0.3, -0.25) is 4.79 Å². The topological polar surface area (TPSA) is 49.3 Å². The first-order valence-corrected chi connectivity index (χ1v) is 7.18. The van der Waals surface area contributed by atoms with Crippen molar-refractivity contribution in [2.45, 2.75) is 13.3 Å². The zero-order valence-electron chi connectivity index (χ0n) is 11.2. The van der Waals surface area contributed by atoms with Crippen LogP contribution >= 0.6 is 15.9 Å². The summed E-state index contributed by atoms with van der Waals surface area (Å²) < 4.78 is 0.835. The molecule has 2 rings (SSSR count). The Labute approximate surface area is 126 Å². The van der Waals surface area contributed by atoms with E-state index in [9.17, 15) is 9.90 Å². The minimum atomic E-state index is -0.0839. The summed E-state index contributed by atoms with van der Waals surface area (Å²) in [7, 11) is 0. The molecule has 20 heavy (non-hydrogen) atoms. The Morgan fingerprint density at radius 2 is 1.90 bits per heavy atom. The number of hydrogen-bond acceptors (Lipinski definition) is 2. The van der Waals surface area contributed by atoms with Crippen molar-refractivity contribution in [2.24, 2.45) is 0 Å². The van der Waals surface area contributed by atoms with Crippen LogP contribution in [0, 0.1) is 6.92 Å². The molecule has 0 fully saturated rings. The first kappa shape index (κ1) is 14.6. The number of halogens is 1. The van der Waals surface area contributed by atoms with E-state index in [2.05, 4.69) is 21.2 Å². The summed E-state index contributed by atoms with van der Waals surface area (Å²) in [4.78, 5) is 12.1. The second-order valence-electron chi connectivity index (χ2n) is 4.61. The number of benzene rings is 2. The molecule has 0 aromatic heterocycles. The average Bonchev–Trinajstić information content (AvgIpc) is 2.44. The zero-order chi connectivity index (χ0) is 14.5. The molecule has 1 amide bonds. The van der Waals surface area contributed by atoms with Gasteiger partial charge in [-0.15, -0.1) is 0 Å². The van der Waals surface area contributed by atoms with Crippen molar-refractivity contribution in [2.75, 3.05) is 6.54 Å². The largest absolute Gasteiger partial charge is 0.508 e. The monoisotopic (exact) mass is 333 g/mol. The number of carbonyl (C=O) groups excluding carboxylic acids is 1. The number of carbonyl (C=O) groups is 1. The summed E-state index contributed by atoms with van der Waals surface area (Å²) in [5.74, 6) is 0.167. The van der Waals surface area contributed by atoms with Crippen molar-refractivity contribution in [1.82, 2.24) is 5.32 Å². The maximum Gasteiger partial charge on any atom is 0.252 e. The van der Waals surface area contributed by atoms with E-state index >= 15 is 0 Å². The second kappa shape index (κ2) is 6.57. The molecule has 0 saturated carbocycles. The van der Waals surface area contributed by atoms with Crippen LogP contribution in [-0.2, 0) is 6.42 Å². The van der Waals surface area contributed by atoms with E-state index in [0.717, 1.165) is 22.0 Å². The van der Waals surface area contributed by atoms with Crippen LogP contribution in [0.5, 0.6) is 5.75 Å². The third-order valence-corrected chi connectivity index (χ3v) is 4.12. The van der Waals surface area contributed by atoms with Gasteiger partial charge < -0.3 is 10.4 Å². The van der Waals surface area contributed by atoms with E-state index in [4.69, 9.17) is 0 Å². The molecule has 0 radical (unpaired) electrons. The number of phenolic OH excluding ortho intramolecular Hbond substituents is 1. The van der Waals surface area contributed by atoms with Crippen LogP contribution in [0.2, 0.25) is 0 Å². The van der Waals surface area contributed by atoms with E-state index < -0.39 is 0 Å². The van der Waals surface area contributed by atoms with Crippen molar-refractivity contribution >= 4 is 21.8 Å². The smallest absolute Gasteiger partial charge is 0.252 e. The molecule has 0 aliphatic heterocycles. The SMILES string of the molecule is Cc1cccc(C(=O)NCCc2ccc(O)cc2)c1Br. The van der Waals surface area contributed by atoms with Gasteiger partial charge in [0, 0.05) is 11.0 Å². The molecule has 0 heterocycles. The first-order valence-electron chi connectivity index (χ1n) is 6.39. The third-order valence-electron chi connectivity index (χ3n) is 3.07. The van der Waals surface area contributed by atoms with Crippen LogP contribution in [0.3, 0.4) is 0 Å². The van der Waals surface area contributed by atoms with Crippen molar-refractivity contribution in [3.63, 3.8) is 0 Å². The Bertz CT molecular complexity index is 608. The molecule has 0 atom stereocenters. The fraction of sp³-hybridized carbons (Fsp3) is 0.188. The van der Waals surface area contributed by atoms with Crippen LogP contribution in [0.4, 0.5) is 0 Å². The molecular formula is C16H16BrNO2. The molecule has 0 unspecified atom stereocenters. The molecule has 104 valence electrons. The van der Waals surface area contributed by atoms with Gasteiger partial charge in [0.1, 0.15) is 5.75 Å². The minimum absolute atomic E-state index is 0.0839. The summed E-state index contributed by atoms with van der Waals surface area (Å²) in [5.41, 5.74) is 2.76. The molecule has 0 saturated heterocycles. The van der Waals surface area contributed by atoms with Gasteiger partial charge in [0.05, 0.1) is 5.56 Å². The Balaban J connectivity index is 1.92. The molecule has 0 aliphatic rings. The quantitative estimate of drug-likeness (QED) is 0.900. The Kier molecular flexibility index (Phi) is 4.79. The molecule has 0 aliphatic carbocycles. The van der Waals surface area contributed by atoms with Crippen molar-refractivity contribution in [1.29, 1.82) is 0 Å². The van der Waals surface area contributed by atoms with Crippen molar-refractivity contribution in [3.8, 4) is 5.75 Å². The number of aryl methyl sites for hydroxylation is 1. The Hall–Kier alpha value is -1.81. The minimum Gasteiger partial charge on any atom is -0.508 e. The maximum absolute atomic E-state index is 12.1. The van der Waals surface area contributed by atoms with E-state index in [1.54, 1.807) is 18.2 Å². The maximum atomic E-state index is 12.1. The predicted octanol–water partition coefficient (Wildman–Crippen LogP) is 3.44. The lowest BCUT2D eigenvalue weighted by Gasteiger charge is -2.08. The molecule has 0 bridgehead atoms. The van der Waals surface area contributed by atoms with E-state index in [1.807, 2.05) is 31.2 Å². The summed E-state index contributed by atoms with van der Waals surface area (Å²) in [5, 5.41) is 12.1. The molecular weight excluding hydrogens is 318 g/mol. The summed E-state index contributed by atoms with van der Waals surface area (Å²) in [6.07, 6.45) is 0.732. The number of nitrogens with one attached hydrogen (secondary N) is 1. The van der Waals surface area contributed by atoms with Crippen LogP contribution < -0.4 is 5.32 Å². The molecule has 2 N–H and O–H groups in total. The molecule has 2 aromatic carbocycles. The van der Waals surface area contributed by atoms with Gasteiger partial charge >= 0.3 is 0 Å². The Morgan fingerprint density at radius 1 is 1.20 bits per heavy atom. The highest BCUT2D eigenvalue weighted by atomic mass is 79.9. The predicted molar refractivity (Wildman–Crippen MR) is 83.0 cm³/mol.